The highest BCUT2D eigenvalue weighted by molar-refractivity contribution is 6.24. The molecule has 1 atom stereocenters. The van der Waals surface area contributed by atoms with E-state index in [-0.39, 0.29) is 48.5 Å². The number of hydrogen-bond donors (Lipinski definition) is 2. The van der Waals surface area contributed by atoms with Crippen molar-refractivity contribution in [3.63, 3.8) is 0 Å². The van der Waals surface area contributed by atoms with E-state index in [1.807, 2.05) is 30.3 Å². The number of fused-ring (bicyclic) bond motifs is 3. The third-order valence-corrected chi connectivity index (χ3v) is 7.40. The predicted molar refractivity (Wildman–Crippen MR) is 146 cm³/mol. The number of benzene rings is 3. The van der Waals surface area contributed by atoms with Crippen LogP contribution < -0.4 is 15.8 Å². The van der Waals surface area contributed by atoms with Gasteiger partial charge in [-0.05, 0) is 72.4 Å². The Morgan fingerprint density at radius 1 is 0.927 bits per heavy atom. The van der Waals surface area contributed by atoms with Crippen LogP contribution in [-0.2, 0) is 33.6 Å². The summed E-state index contributed by atoms with van der Waals surface area (Å²) in [5, 5.41) is 10.9. The number of nitrogens with one attached hydrogen (secondary N) is 1. The molecule has 11 nitrogen and oxygen atoms in total. The molecule has 4 amide bonds. The summed E-state index contributed by atoms with van der Waals surface area (Å²) >= 11 is 0. The van der Waals surface area contributed by atoms with Gasteiger partial charge >= 0.3 is 0 Å². The van der Waals surface area contributed by atoms with E-state index in [2.05, 4.69) is 15.5 Å². The Bertz CT molecular complexity index is 1680. The van der Waals surface area contributed by atoms with Crippen molar-refractivity contribution in [1.82, 2.24) is 10.2 Å². The van der Waals surface area contributed by atoms with Crippen LogP contribution in [0.25, 0.3) is 0 Å². The zero-order valence-corrected chi connectivity index (χ0v) is 21.9. The topological polar surface area (TPSA) is 161 Å². The Labute approximate surface area is 234 Å². The number of ether oxygens (including phenoxy) is 1. The molecule has 11 heteroatoms. The fourth-order valence-corrected chi connectivity index (χ4v) is 5.37. The first-order chi connectivity index (χ1) is 19.8. The molecule has 1 fully saturated rings. The molecule has 3 aromatic carbocycles. The van der Waals surface area contributed by atoms with Gasteiger partial charge in [0.1, 0.15) is 18.4 Å². The van der Waals surface area contributed by atoms with Gasteiger partial charge in [-0.25, -0.2) is 0 Å². The number of nitrogens with zero attached hydrogens (tertiary/aromatic N) is 3. The number of Topliss-reactive ketones (excluding diaryl/α,β-unsaturated/α-hetero) is 1. The maximum Gasteiger partial charge on any atom is 0.266 e. The second-order valence-electron chi connectivity index (χ2n) is 10.2. The van der Waals surface area contributed by atoms with Crippen LogP contribution in [0.3, 0.4) is 0 Å². The Balaban J connectivity index is 1.13. The first kappa shape index (κ1) is 26.1. The molecule has 3 aliphatic heterocycles. The van der Waals surface area contributed by atoms with Crippen molar-refractivity contribution in [2.45, 2.75) is 38.1 Å². The lowest BCUT2D eigenvalue weighted by atomic mass is 9.97. The molecule has 206 valence electrons. The second-order valence-corrected chi connectivity index (χ2v) is 10.2. The maximum atomic E-state index is 13.2. The molecule has 0 saturated carbocycles. The van der Waals surface area contributed by atoms with E-state index in [0.29, 0.717) is 12.1 Å². The Morgan fingerprint density at radius 2 is 1.66 bits per heavy atom. The Kier molecular flexibility index (Phi) is 6.62. The molecule has 3 aliphatic rings. The molecule has 1 unspecified atom stereocenters. The lowest BCUT2D eigenvalue weighted by molar-refractivity contribution is -0.136. The molecule has 0 bridgehead atoms. The van der Waals surface area contributed by atoms with Gasteiger partial charge in [0, 0.05) is 18.5 Å². The van der Waals surface area contributed by atoms with Gasteiger partial charge in [0.2, 0.25) is 11.8 Å². The zero-order chi connectivity index (χ0) is 28.7. The number of aryl methyl sites for hydroxylation is 2. The number of azo groups is 1. The third kappa shape index (κ3) is 4.97. The highest BCUT2D eigenvalue weighted by atomic mass is 16.5. The van der Waals surface area contributed by atoms with E-state index in [4.69, 9.17) is 10.5 Å². The van der Waals surface area contributed by atoms with Gasteiger partial charge in [-0.2, -0.15) is 10.2 Å². The van der Waals surface area contributed by atoms with Gasteiger partial charge in [0.15, 0.2) is 5.78 Å². The number of carbonyl (C=O) groups is 5. The van der Waals surface area contributed by atoms with E-state index in [1.54, 1.807) is 12.1 Å². The quantitative estimate of drug-likeness (QED) is 0.351. The lowest BCUT2D eigenvalue weighted by Gasteiger charge is -2.27. The summed E-state index contributed by atoms with van der Waals surface area (Å²) in [4.78, 5) is 63.8. The van der Waals surface area contributed by atoms with Gasteiger partial charge in [-0.3, -0.25) is 34.2 Å². The molecule has 0 aliphatic carbocycles. The van der Waals surface area contributed by atoms with Crippen LogP contribution >= 0.6 is 0 Å². The Morgan fingerprint density at radius 3 is 2.41 bits per heavy atom. The monoisotopic (exact) mass is 551 g/mol. The number of ketones is 1. The summed E-state index contributed by atoms with van der Waals surface area (Å²) in [7, 11) is 0. The number of imide groups is 2. The Hall–Kier alpha value is -5.19. The molecule has 3 aromatic rings. The number of nitrogen functional groups attached to an aromatic ring is 1. The molecular weight excluding hydrogens is 526 g/mol. The lowest BCUT2D eigenvalue weighted by Crippen LogP contribution is -2.54. The SMILES string of the molecule is Nc1ccc2c(c1)CCc1cc(CC(=O)COc3cccc4c3C(=O)N(C3CCC(=O)NC3=O)C4=O)ccc1N=N2. The molecule has 0 aromatic heterocycles. The van der Waals surface area contributed by atoms with Gasteiger partial charge in [0.25, 0.3) is 11.8 Å². The molecule has 3 N–H and O–H groups in total. The number of nitrogens with two attached hydrogens (primary N) is 1. The van der Waals surface area contributed by atoms with Crippen LogP contribution in [0.15, 0.2) is 64.8 Å². The van der Waals surface area contributed by atoms with Crippen LogP contribution in [0, 0.1) is 0 Å². The van der Waals surface area contributed by atoms with Gasteiger partial charge in [-0.1, -0.05) is 18.2 Å². The third-order valence-electron chi connectivity index (χ3n) is 7.40. The largest absolute Gasteiger partial charge is 0.485 e. The number of hydrogen-bond acceptors (Lipinski definition) is 9. The van der Waals surface area contributed by atoms with E-state index in [0.717, 1.165) is 39.4 Å². The van der Waals surface area contributed by atoms with Crippen molar-refractivity contribution in [2.24, 2.45) is 10.2 Å². The summed E-state index contributed by atoms with van der Waals surface area (Å²) in [6.45, 7) is -0.320. The molecule has 0 radical (unpaired) electrons. The summed E-state index contributed by atoms with van der Waals surface area (Å²) in [6, 6.07) is 14.6. The molecular formula is C30H25N5O6. The van der Waals surface area contributed by atoms with E-state index in [9.17, 15) is 24.0 Å². The number of amides is 4. The molecule has 1 saturated heterocycles. The highest BCUT2D eigenvalue weighted by Crippen LogP contribution is 2.34. The van der Waals surface area contributed by atoms with Crippen LogP contribution in [0.2, 0.25) is 0 Å². The first-order valence-electron chi connectivity index (χ1n) is 13.2. The highest BCUT2D eigenvalue weighted by Gasteiger charge is 2.46. The zero-order valence-electron chi connectivity index (χ0n) is 21.9. The number of piperidine rings is 1. The fraction of sp³-hybridized carbons (Fsp3) is 0.233. The summed E-state index contributed by atoms with van der Waals surface area (Å²) < 4.78 is 5.73. The average Bonchev–Trinajstić information content (AvgIpc) is 3.19. The normalized spacial score (nSPS) is 17.8. The minimum absolute atomic E-state index is 0.00220. The van der Waals surface area contributed by atoms with E-state index in [1.165, 1.54) is 12.1 Å². The first-order valence-corrected chi connectivity index (χ1v) is 13.2. The smallest absolute Gasteiger partial charge is 0.266 e. The summed E-state index contributed by atoms with van der Waals surface area (Å²) in [5.41, 5.74) is 11.0. The van der Waals surface area contributed by atoms with Gasteiger partial charge < -0.3 is 10.5 Å². The number of rotatable bonds is 6. The average molecular weight is 552 g/mol. The van der Waals surface area contributed by atoms with Crippen LogP contribution in [0.5, 0.6) is 5.75 Å². The number of carbonyl (C=O) groups excluding carboxylic acids is 5. The van der Waals surface area contributed by atoms with Gasteiger partial charge in [-0.15, -0.1) is 0 Å². The fourth-order valence-electron chi connectivity index (χ4n) is 5.37. The van der Waals surface area contributed by atoms with Crippen LogP contribution in [0.4, 0.5) is 17.1 Å². The van der Waals surface area contributed by atoms with Crippen molar-refractivity contribution in [2.75, 3.05) is 12.3 Å². The molecule has 0 spiro atoms. The van der Waals surface area contributed by atoms with Crippen LogP contribution in [0.1, 0.15) is 50.2 Å². The van der Waals surface area contributed by atoms with E-state index < -0.39 is 29.7 Å². The molecule has 6 rings (SSSR count). The van der Waals surface area contributed by atoms with Gasteiger partial charge in [0.05, 0.1) is 22.5 Å². The minimum atomic E-state index is -1.09. The molecule has 41 heavy (non-hydrogen) atoms. The van der Waals surface area contributed by atoms with E-state index >= 15 is 0 Å². The maximum absolute atomic E-state index is 13.2. The molecule has 3 heterocycles. The van der Waals surface area contributed by atoms with Crippen molar-refractivity contribution in [3.05, 3.63) is 82.4 Å². The van der Waals surface area contributed by atoms with Crippen molar-refractivity contribution in [1.29, 1.82) is 0 Å². The van der Waals surface area contributed by atoms with Crippen molar-refractivity contribution < 1.29 is 28.7 Å². The van der Waals surface area contributed by atoms with Crippen molar-refractivity contribution in [3.8, 4) is 5.75 Å². The van der Waals surface area contributed by atoms with Crippen LogP contribution in [-0.4, -0.2) is 47.0 Å². The predicted octanol–water partition coefficient (Wildman–Crippen LogP) is 3.37. The standard InChI is InChI=1S/C30H25N5O6/c31-19-7-9-23-18(14-19)6-5-17-12-16(4-8-22(17)33-34-23)13-20(36)15-41-25-3-1-2-21-27(25)30(40)35(29(21)39)24-10-11-26(37)32-28(24)38/h1-4,7-9,12,14,24H,5-6,10-11,13,15,31H2,(H,32,37,38). The summed E-state index contributed by atoms with van der Waals surface area (Å²) in [5.74, 6) is -2.62. The minimum Gasteiger partial charge on any atom is -0.485 e. The summed E-state index contributed by atoms with van der Waals surface area (Å²) in [6.07, 6.45) is 1.61. The van der Waals surface area contributed by atoms with Crippen molar-refractivity contribution >= 4 is 46.5 Å². The second kappa shape index (κ2) is 10.4. The number of anilines is 1.